The number of anilines is 1. The Balaban J connectivity index is 3.19. The number of hydrogen-bond acceptors (Lipinski definition) is 4. The van der Waals surface area contributed by atoms with E-state index in [4.69, 9.17) is 18.0 Å². The Bertz CT molecular complexity index is 280. The average molecular weight is 173 g/mol. The number of aromatic amines is 1. The van der Waals surface area contributed by atoms with Gasteiger partial charge in [0.15, 0.2) is 4.77 Å². The number of rotatable bonds is 1. The van der Waals surface area contributed by atoms with E-state index < -0.39 is 0 Å². The van der Waals surface area contributed by atoms with Crippen LogP contribution in [0.25, 0.3) is 0 Å². The number of nitrogens with zero attached hydrogens (tertiary/aromatic N) is 1. The molecular weight excluding hydrogens is 166 g/mol. The fraction of sp³-hybridized carbons (Fsp3) is 0.200. The number of aromatic nitrogens is 2. The summed E-state index contributed by atoms with van der Waals surface area (Å²) >= 11 is 6.31. The molecule has 1 aromatic heterocycles. The minimum atomic E-state index is 0.435. The second kappa shape index (κ2) is 3.03. The van der Waals surface area contributed by atoms with Crippen molar-refractivity contribution in [3.05, 3.63) is 10.8 Å². The molecule has 0 bridgehead atoms. The predicted octanol–water partition coefficient (Wildman–Crippen LogP) is 1.44. The maximum absolute atomic E-state index is 5.46. The molecule has 0 amide bonds. The van der Waals surface area contributed by atoms with Crippen molar-refractivity contribution in [2.24, 2.45) is 0 Å². The molecule has 1 rings (SSSR count). The third-order valence-electron chi connectivity index (χ3n) is 0.951. The molecule has 1 aromatic rings. The minimum Gasteiger partial charge on any atom is -0.385 e. The second-order valence-corrected chi connectivity index (χ2v) is 2.90. The summed E-state index contributed by atoms with van der Waals surface area (Å²) in [4.78, 5) is 6.71. The Kier molecular flexibility index (Phi) is 2.29. The molecule has 0 atom stereocenters. The number of nitrogen functional groups attached to an aromatic ring is 1. The minimum absolute atomic E-state index is 0.435. The summed E-state index contributed by atoms with van der Waals surface area (Å²) in [6.07, 6.45) is 1.93. The number of nitrogens with one attached hydrogen (secondary N) is 1. The first-order valence-corrected chi connectivity index (χ1v) is 4.26. The van der Waals surface area contributed by atoms with E-state index in [1.54, 1.807) is 6.07 Å². The summed E-state index contributed by atoms with van der Waals surface area (Å²) in [7, 11) is 0. The Labute approximate surface area is 68.1 Å². The van der Waals surface area contributed by atoms with Crippen LogP contribution in [0, 0.1) is 4.77 Å². The van der Waals surface area contributed by atoms with Crippen LogP contribution in [-0.4, -0.2) is 16.2 Å². The summed E-state index contributed by atoms with van der Waals surface area (Å²) in [5.41, 5.74) is 5.46. The van der Waals surface area contributed by atoms with E-state index >= 15 is 0 Å². The fourth-order valence-electron chi connectivity index (χ4n) is 0.557. The van der Waals surface area contributed by atoms with E-state index in [2.05, 4.69) is 9.97 Å². The largest absolute Gasteiger partial charge is 0.385 e. The van der Waals surface area contributed by atoms with Gasteiger partial charge in [0.25, 0.3) is 0 Å². The van der Waals surface area contributed by atoms with Crippen LogP contribution < -0.4 is 5.73 Å². The van der Waals surface area contributed by atoms with Gasteiger partial charge in [-0.1, -0.05) is 0 Å². The molecular formula is C5H7N3S2. The van der Waals surface area contributed by atoms with Gasteiger partial charge in [0.1, 0.15) is 10.8 Å². The summed E-state index contributed by atoms with van der Waals surface area (Å²) < 4.78 is 0.435. The van der Waals surface area contributed by atoms with E-state index in [1.807, 2.05) is 6.26 Å². The van der Waals surface area contributed by atoms with Crippen LogP contribution in [0.4, 0.5) is 5.82 Å². The van der Waals surface area contributed by atoms with Crippen molar-refractivity contribution in [3.63, 3.8) is 0 Å². The van der Waals surface area contributed by atoms with Crippen LogP contribution >= 0.6 is 24.0 Å². The van der Waals surface area contributed by atoms with E-state index in [9.17, 15) is 0 Å². The van der Waals surface area contributed by atoms with Crippen molar-refractivity contribution in [1.82, 2.24) is 9.97 Å². The first-order valence-electron chi connectivity index (χ1n) is 2.63. The summed E-state index contributed by atoms with van der Waals surface area (Å²) in [6, 6.07) is 1.75. The van der Waals surface area contributed by atoms with E-state index in [0.717, 1.165) is 5.03 Å². The summed E-state index contributed by atoms with van der Waals surface area (Å²) in [5, 5.41) is 0.848. The first-order chi connectivity index (χ1) is 4.72. The summed E-state index contributed by atoms with van der Waals surface area (Å²) in [5.74, 6) is 0.560. The van der Waals surface area contributed by atoms with Crippen LogP contribution in [0.1, 0.15) is 0 Å². The SMILES string of the molecule is CSc1cc(N)[nH]c(=S)n1. The van der Waals surface area contributed by atoms with Gasteiger partial charge in [0, 0.05) is 6.07 Å². The molecule has 10 heavy (non-hydrogen) atoms. The van der Waals surface area contributed by atoms with Crippen molar-refractivity contribution in [2.45, 2.75) is 5.03 Å². The molecule has 3 N–H and O–H groups in total. The second-order valence-electron chi connectivity index (χ2n) is 1.68. The van der Waals surface area contributed by atoms with Crippen molar-refractivity contribution < 1.29 is 0 Å². The molecule has 0 saturated carbocycles. The van der Waals surface area contributed by atoms with Gasteiger partial charge in [0.2, 0.25) is 0 Å². The molecule has 0 unspecified atom stereocenters. The maximum Gasteiger partial charge on any atom is 0.199 e. The molecule has 3 nitrogen and oxygen atoms in total. The van der Waals surface area contributed by atoms with Crippen LogP contribution in [0.15, 0.2) is 11.1 Å². The Morgan fingerprint density at radius 2 is 2.50 bits per heavy atom. The van der Waals surface area contributed by atoms with Crippen LogP contribution in [0.3, 0.4) is 0 Å². The number of nitrogens with two attached hydrogens (primary N) is 1. The highest BCUT2D eigenvalue weighted by atomic mass is 32.2. The molecule has 0 fully saturated rings. The molecule has 54 valence electrons. The van der Waals surface area contributed by atoms with Gasteiger partial charge >= 0.3 is 0 Å². The molecule has 5 heteroatoms. The zero-order valence-electron chi connectivity index (χ0n) is 5.42. The van der Waals surface area contributed by atoms with Gasteiger partial charge in [-0.3, -0.25) is 0 Å². The Morgan fingerprint density at radius 3 is 3.00 bits per heavy atom. The lowest BCUT2D eigenvalue weighted by atomic mass is 10.6. The van der Waals surface area contributed by atoms with Gasteiger partial charge in [-0.15, -0.1) is 11.8 Å². The van der Waals surface area contributed by atoms with Gasteiger partial charge in [-0.05, 0) is 18.5 Å². The van der Waals surface area contributed by atoms with Crippen LogP contribution in [0.2, 0.25) is 0 Å². The van der Waals surface area contributed by atoms with Gasteiger partial charge in [-0.25, -0.2) is 4.98 Å². The molecule has 1 heterocycles. The predicted molar refractivity (Wildman–Crippen MR) is 45.6 cm³/mol. The Morgan fingerprint density at radius 1 is 1.80 bits per heavy atom. The standard InChI is InChI=1S/C5H7N3S2/c1-10-4-2-3(6)7-5(9)8-4/h2H,1H3,(H3,6,7,8,9). The molecule has 0 aromatic carbocycles. The number of H-pyrrole nitrogens is 1. The average Bonchev–Trinajstić information content (AvgIpc) is 1.85. The zero-order valence-corrected chi connectivity index (χ0v) is 7.05. The van der Waals surface area contributed by atoms with Gasteiger partial charge < -0.3 is 10.7 Å². The maximum atomic E-state index is 5.46. The molecule has 0 spiro atoms. The van der Waals surface area contributed by atoms with Crippen LogP contribution in [-0.2, 0) is 0 Å². The van der Waals surface area contributed by atoms with Gasteiger partial charge in [0.05, 0.1) is 0 Å². The zero-order chi connectivity index (χ0) is 7.56. The molecule has 0 saturated heterocycles. The lowest BCUT2D eigenvalue weighted by Gasteiger charge is -1.95. The lowest BCUT2D eigenvalue weighted by molar-refractivity contribution is 1.03. The molecule has 0 aliphatic carbocycles. The highest BCUT2D eigenvalue weighted by molar-refractivity contribution is 7.98. The quantitative estimate of drug-likeness (QED) is 0.383. The molecule has 0 aliphatic rings. The van der Waals surface area contributed by atoms with Crippen molar-refractivity contribution in [2.75, 3.05) is 12.0 Å². The number of thioether (sulfide) groups is 1. The topological polar surface area (TPSA) is 54.7 Å². The third kappa shape index (κ3) is 1.71. The van der Waals surface area contributed by atoms with Crippen molar-refractivity contribution in [3.8, 4) is 0 Å². The number of hydrogen-bond donors (Lipinski definition) is 2. The highest BCUT2D eigenvalue weighted by Gasteiger charge is 1.91. The first kappa shape index (κ1) is 7.56. The summed E-state index contributed by atoms with van der Waals surface area (Å²) in [6.45, 7) is 0. The van der Waals surface area contributed by atoms with E-state index in [-0.39, 0.29) is 0 Å². The van der Waals surface area contributed by atoms with Gasteiger partial charge in [-0.2, -0.15) is 0 Å². The fourth-order valence-corrected chi connectivity index (χ4v) is 1.26. The van der Waals surface area contributed by atoms with E-state index in [1.165, 1.54) is 11.8 Å². The molecule has 0 aliphatic heterocycles. The normalized spacial score (nSPS) is 9.70. The highest BCUT2D eigenvalue weighted by Crippen LogP contribution is 2.11. The molecule has 0 radical (unpaired) electrons. The van der Waals surface area contributed by atoms with Crippen LogP contribution in [0.5, 0.6) is 0 Å². The smallest absolute Gasteiger partial charge is 0.199 e. The van der Waals surface area contributed by atoms with Crippen molar-refractivity contribution in [1.29, 1.82) is 0 Å². The van der Waals surface area contributed by atoms with E-state index in [0.29, 0.717) is 10.6 Å². The third-order valence-corrected chi connectivity index (χ3v) is 1.77. The Hall–Kier alpha value is -0.550. The monoisotopic (exact) mass is 173 g/mol. The lowest BCUT2D eigenvalue weighted by Crippen LogP contribution is -1.92. The van der Waals surface area contributed by atoms with Crippen molar-refractivity contribution >= 4 is 29.8 Å².